The molecule has 33 heavy (non-hydrogen) atoms. The minimum Gasteiger partial charge on any atom is -0.477 e. The maximum Gasteiger partial charge on any atom is 0.234 e. The summed E-state index contributed by atoms with van der Waals surface area (Å²) >= 11 is 1.47. The maximum absolute atomic E-state index is 12.6. The first-order chi connectivity index (χ1) is 15.9. The fourth-order valence-electron chi connectivity index (χ4n) is 3.98. The molecule has 0 saturated carbocycles. The number of thioether (sulfide) groups is 1. The number of hydrogen-bond acceptors (Lipinski definition) is 7. The Balaban J connectivity index is 0.00000408. The number of nitriles is 1. The molecule has 7 nitrogen and oxygen atoms in total. The fourth-order valence-corrected chi connectivity index (χ4v) is 5.05. The zero-order chi connectivity index (χ0) is 23.7. The van der Waals surface area contributed by atoms with Crippen molar-refractivity contribution in [3.05, 3.63) is 29.8 Å². The third-order valence-electron chi connectivity index (χ3n) is 5.91. The van der Waals surface area contributed by atoms with Gasteiger partial charge < -0.3 is 20.3 Å². The number of hydrogen-bond donors (Lipinski definition) is 2. The maximum atomic E-state index is 12.6. The third kappa shape index (κ3) is 7.94. The molecule has 0 radical (unpaired) electrons. The van der Waals surface area contributed by atoms with Gasteiger partial charge >= 0.3 is 0 Å². The van der Waals surface area contributed by atoms with Gasteiger partial charge in [0, 0.05) is 32.5 Å². The van der Waals surface area contributed by atoms with Crippen molar-refractivity contribution in [2.24, 2.45) is 10.9 Å². The Bertz CT molecular complexity index is 850. The quantitative estimate of drug-likeness (QED) is 0.482. The molecule has 2 aliphatic heterocycles. The number of likely N-dealkylation sites (tertiary alicyclic amines) is 1. The summed E-state index contributed by atoms with van der Waals surface area (Å²) < 4.78 is 5.65. The van der Waals surface area contributed by atoms with Gasteiger partial charge in [-0.25, -0.2) is 4.99 Å². The molecule has 2 atom stereocenters. The SMILES string of the molecule is CCNC(=O)C(CNc1ccc(CCN2CCCC2)cc1)SCC(C#N)C1=NC(C)(C)CO1.[HH]. The molecule has 0 bridgehead atoms. The number of benzene rings is 1. The van der Waals surface area contributed by atoms with Gasteiger partial charge in [-0.2, -0.15) is 5.26 Å². The zero-order valence-corrected chi connectivity index (χ0v) is 20.9. The molecule has 1 amide bonds. The van der Waals surface area contributed by atoms with Crippen LogP contribution >= 0.6 is 11.8 Å². The van der Waals surface area contributed by atoms with E-state index in [4.69, 9.17) is 4.74 Å². The summed E-state index contributed by atoms with van der Waals surface area (Å²) in [5.74, 6) is 0.471. The van der Waals surface area contributed by atoms with E-state index in [0.29, 0.717) is 31.3 Å². The van der Waals surface area contributed by atoms with E-state index < -0.39 is 5.92 Å². The minimum atomic E-state index is -0.455. The molecule has 2 heterocycles. The molecule has 1 aromatic carbocycles. The number of nitrogens with zero attached hydrogens (tertiary/aromatic N) is 3. The largest absolute Gasteiger partial charge is 0.477 e. The van der Waals surface area contributed by atoms with Gasteiger partial charge in [0.1, 0.15) is 17.8 Å². The number of aliphatic imine (C=N–C) groups is 1. The molecule has 2 N–H and O–H groups in total. The highest BCUT2D eigenvalue weighted by Crippen LogP contribution is 2.24. The van der Waals surface area contributed by atoms with Crippen LogP contribution in [0.4, 0.5) is 5.69 Å². The average Bonchev–Trinajstić information content (AvgIpc) is 3.45. The molecule has 0 aliphatic carbocycles. The van der Waals surface area contributed by atoms with Gasteiger partial charge in [-0.05, 0) is 70.8 Å². The van der Waals surface area contributed by atoms with Crippen LogP contribution in [0, 0.1) is 17.2 Å². The van der Waals surface area contributed by atoms with Gasteiger partial charge in [0.25, 0.3) is 0 Å². The fraction of sp³-hybridized carbons (Fsp3) is 0.640. The number of anilines is 1. The highest BCUT2D eigenvalue weighted by atomic mass is 32.2. The highest BCUT2D eigenvalue weighted by Gasteiger charge is 2.32. The van der Waals surface area contributed by atoms with Gasteiger partial charge in [-0.3, -0.25) is 4.79 Å². The summed E-state index contributed by atoms with van der Waals surface area (Å²) in [7, 11) is 0. The van der Waals surface area contributed by atoms with Crippen LogP contribution < -0.4 is 10.6 Å². The van der Waals surface area contributed by atoms with Crippen LogP contribution in [0.25, 0.3) is 0 Å². The Morgan fingerprint density at radius 1 is 1.33 bits per heavy atom. The Morgan fingerprint density at radius 3 is 2.67 bits per heavy atom. The van der Waals surface area contributed by atoms with Crippen molar-refractivity contribution in [2.45, 2.75) is 50.8 Å². The first kappa shape index (κ1) is 25.4. The lowest BCUT2D eigenvalue weighted by Crippen LogP contribution is -2.37. The van der Waals surface area contributed by atoms with Gasteiger partial charge in [0.05, 0.1) is 11.6 Å². The summed E-state index contributed by atoms with van der Waals surface area (Å²) in [5.41, 5.74) is 2.03. The van der Waals surface area contributed by atoms with Crippen molar-refractivity contribution < 1.29 is 11.0 Å². The second-order valence-electron chi connectivity index (χ2n) is 9.33. The molecular formula is C25H39N5O2S. The molecular weight excluding hydrogens is 434 g/mol. The summed E-state index contributed by atoms with van der Waals surface area (Å²) in [5, 5.41) is 15.6. The van der Waals surface area contributed by atoms with Crippen LogP contribution in [0.5, 0.6) is 0 Å². The zero-order valence-electron chi connectivity index (χ0n) is 20.1. The van der Waals surface area contributed by atoms with Crippen molar-refractivity contribution in [1.82, 2.24) is 10.2 Å². The monoisotopic (exact) mass is 473 g/mol. The molecule has 1 aromatic rings. The second kappa shape index (κ2) is 12.3. The first-order valence-electron chi connectivity index (χ1n) is 12.0. The molecule has 2 aliphatic rings. The van der Waals surface area contributed by atoms with Crippen LogP contribution in [0.15, 0.2) is 29.3 Å². The van der Waals surface area contributed by atoms with Gasteiger partial charge in [0.2, 0.25) is 11.8 Å². The Labute approximate surface area is 203 Å². The normalized spacial score (nSPS) is 19.3. The molecule has 0 aromatic heterocycles. The molecule has 1 fully saturated rings. The van der Waals surface area contributed by atoms with E-state index in [9.17, 15) is 10.1 Å². The minimum absolute atomic E-state index is 0. The molecule has 8 heteroatoms. The Hall–Kier alpha value is -2.24. The van der Waals surface area contributed by atoms with Crippen molar-refractivity contribution in [2.75, 3.05) is 50.4 Å². The number of carbonyl (C=O) groups excluding carboxylic acids is 1. The number of amides is 1. The second-order valence-corrected chi connectivity index (χ2v) is 10.6. The highest BCUT2D eigenvalue weighted by molar-refractivity contribution is 8.00. The van der Waals surface area contributed by atoms with Crippen LogP contribution in [-0.2, 0) is 16.0 Å². The predicted octanol–water partition coefficient (Wildman–Crippen LogP) is 3.57. The van der Waals surface area contributed by atoms with Crippen LogP contribution in [0.3, 0.4) is 0 Å². The van der Waals surface area contributed by atoms with Crippen molar-refractivity contribution in [1.29, 1.82) is 5.26 Å². The van der Waals surface area contributed by atoms with Crippen LogP contribution in [-0.4, -0.2) is 72.6 Å². The van der Waals surface area contributed by atoms with Crippen LogP contribution in [0.1, 0.15) is 40.6 Å². The Kier molecular flexibility index (Phi) is 9.45. The van der Waals surface area contributed by atoms with E-state index in [0.717, 1.165) is 18.7 Å². The van der Waals surface area contributed by atoms with Crippen molar-refractivity contribution in [3.8, 4) is 6.07 Å². The lowest BCUT2D eigenvalue weighted by Gasteiger charge is -2.19. The summed E-state index contributed by atoms with van der Waals surface area (Å²) in [6.45, 7) is 11.0. The topological polar surface area (TPSA) is 89.8 Å². The van der Waals surface area contributed by atoms with E-state index in [-0.39, 0.29) is 18.1 Å². The number of ether oxygens (including phenoxy) is 1. The summed E-state index contributed by atoms with van der Waals surface area (Å²) in [6, 6.07) is 10.8. The van der Waals surface area contributed by atoms with Crippen molar-refractivity contribution in [3.63, 3.8) is 0 Å². The lowest BCUT2D eigenvalue weighted by molar-refractivity contribution is -0.120. The van der Waals surface area contributed by atoms with Gasteiger partial charge in [0.15, 0.2) is 0 Å². The van der Waals surface area contributed by atoms with E-state index in [1.807, 2.05) is 20.8 Å². The van der Waals surface area contributed by atoms with E-state index in [2.05, 4.69) is 50.9 Å². The smallest absolute Gasteiger partial charge is 0.234 e. The molecule has 2 unspecified atom stereocenters. The first-order valence-corrected chi connectivity index (χ1v) is 13.0. The number of nitrogens with one attached hydrogen (secondary N) is 2. The van der Waals surface area contributed by atoms with E-state index >= 15 is 0 Å². The number of rotatable bonds is 12. The Morgan fingerprint density at radius 2 is 2.06 bits per heavy atom. The summed E-state index contributed by atoms with van der Waals surface area (Å²) in [6.07, 6.45) is 3.71. The molecule has 1 saturated heterocycles. The average molecular weight is 474 g/mol. The van der Waals surface area contributed by atoms with E-state index in [1.54, 1.807) is 0 Å². The number of carbonyl (C=O) groups is 1. The summed E-state index contributed by atoms with van der Waals surface area (Å²) in [4.78, 5) is 19.7. The molecule has 182 valence electrons. The third-order valence-corrected chi connectivity index (χ3v) is 7.22. The van der Waals surface area contributed by atoms with Crippen molar-refractivity contribution >= 4 is 29.3 Å². The van der Waals surface area contributed by atoms with Gasteiger partial charge in [-0.1, -0.05) is 12.1 Å². The predicted molar refractivity (Wildman–Crippen MR) is 138 cm³/mol. The van der Waals surface area contributed by atoms with Crippen LogP contribution in [0.2, 0.25) is 0 Å². The standard InChI is InChI=1S/C25H37N5O2S.H2/c1-4-27-23(31)22(33-17-20(15-26)24-29-25(2,3)18-32-24)16-28-21-9-7-19(8-10-21)11-14-30-12-5-6-13-30;/h7-10,20,22,28H,4-6,11-14,16-18H2,1-3H3,(H,27,31);1H. The van der Waals surface area contributed by atoms with E-state index in [1.165, 1.54) is 43.3 Å². The molecule has 3 rings (SSSR count). The van der Waals surface area contributed by atoms with Gasteiger partial charge in [-0.15, -0.1) is 11.8 Å². The lowest BCUT2D eigenvalue weighted by atomic mass is 10.1. The molecule has 0 spiro atoms.